The van der Waals surface area contributed by atoms with Gasteiger partial charge in [-0.3, -0.25) is 0 Å². The van der Waals surface area contributed by atoms with Gasteiger partial charge in [0.2, 0.25) is 0 Å². The molecule has 0 amide bonds. The molecule has 88 valence electrons. The maximum atomic E-state index is 5.83. The van der Waals surface area contributed by atoms with Gasteiger partial charge in [-0.05, 0) is 32.1 Å². The molecule has 2 heteroatoms. The molecule has 1 heterocycles. The minimum Gasteiger partial charge on any atom is -0.374 e. The molecule has 0 spiro atoms. The Hall–Kier alpha value is 0.440. The number of hydrogen-bond acceptors (Lipinski definition) is 1. The average Bonchev–Trinajstić information content (AvgIpc) is 2.76. The molecule has 0 N–H and O–H groups in total. The van der Waals surface area contributed by atoms with E-state index in [1.54, 1.807) is 0 Å². The number of halogens is 1. The van der Waals surface area contributed by atoms with Gasteiger partial charge in [0.25, 0.3) is 0 Å². The fraction of sp³-hybridized carbons (Fsp3) is 1.00. The fourth-order valence-electron chi connectivity index (χ4n) is 3.03. The Bertz CT molecular complexity index is 209. The van der Waals surface area contributed by atoms with Gasteiger partial charge in [0.15, 0.2) is 0 Å². The Balaban J connectivity index is 1.75. The van der Waals surface area contributed by atoms with E-state index in [1.807, 2.05) is 0 Å². The van der Waals surface area contributed by atoms with Crippen molar-refractivity contribution in [2.75, 3.05) is 6.61 Å². The third kappa shape index (κ3) is 2.76. The molecule has 2 aliphatic rings. The maximum Gasteiger partial charge on any atom is 0.0754 e. The van der Waals surface area contributed by atoms with Crippen LogP contribution < -0.4 is 0 Å². The van der Waals surface area contributed by atoms with Crippen molar-refractivity contribution in [3.05, 3.63) is 0 Å². The molecule has 0 aromatic rings. The topological polar surface area (TPSA) is 9.23 Å². The summed E-state index contributed by atoms with van der Waals surface area (Å²) in [7, 11) is 0. The summed E-state index contributed by atoms with van der Waals surface area (Å²) in [6.45, 7) is 5.35. The molecule has 2 rings (SSSR count). The highest BCUT2D eigenvalue weighted by atomic mass is 79.9. The van der Waals surface area contributed by atoms with Crippen LogP contribution >= 0.6 is 15.9 Å². The van der Waals surface area contributed by atoms with Crippen LogP contribution in [0.15, 0.2) is 0 Å². The van der Waals surface area contributed by atoms with Crippen LogP contribution in [0.1, 0.15) is 52.4 Å². The van der Waals surface area contributed by atoms with Crippen LogP contribution in [-0.4, -0.2) is 17.0 Å². The van der Waals surface area contributed by atoms with Crippen molar-refractivity contribution in [1.82, 2.24) is 0 Å². The summed E-state index contributed by atoms with van der Waals surface area (Å²) in [6.07, 6.45) is 8.66. The Labute approximate surface area is 102 Å². The molecule has 0 bridgehead atoms. The first-order valence-corrected chi connectivity index (χ1v) is 7.29. The largest absolute Gasteiger partial charge is 0.374 e. The highest BCUT2D eigenvalue weighted by molar-refractivity contribution is 9.09. The minimum absolute atomic E-state index is 0.0420. The van der Waals surface area contributed by atoms with Gasteiger partial charge < -0.3 is 4.74 Å². The van der Waals surface area contributed by atoms with Crippen molar-refractivity contribution < 1.29 is 4.74 Å². The van der Waals surface area contributed by atoms with Crippen molar-refractivity contribution in [2.24, 2.45) is 11.8 Å². The smallest absolute Gasteiger partial charge is 0.0754 e. The van der Waals surface area contributed by atoms with Gasteiger partial charge in [-0.1, -0.05) is 48.0 Å². The predicted molar refractivity (Wildman–Crippen MR) is 67.4 cm³/mol. The molecule has 0 radical (unpaired) electrons. The second kappa shape index (κ2) is 4.75. The highest BCUT2D eigenvalue weighted by Crippen LogP contribution is 2.39. The van der Waals surface area contributed by atoms with E-state index in [0.717, 1.165) is 18.4 Å². The summed E-state index contributed by atoms with van der Waals surface area (Å²) in [4.78, 5) is 0.548. The molecule has 1 saturated heterocycles. The number of ether oxygens (including phenoxy) is 1. The molecule has 2 unspecified atom stereocenters. The zero-order valence-corrected chi connectivity index (χ0v) is 11.6. The summed E-state index contributed by atoms with van der Waals surface area (Å²) in [5.74, 6) is 1.76. The van der Waals surface area contributed by atoms with E-state index in [0.29, 0.717) is 4.83 Å². The SMILES string of the molecule is CC1(C)OCC(CCC2CCCC2)C1Br. The maximum absolute atomic E-state index is 5.83. The molecule has 0 aromatic carbocycles. The standard InChI is InChI=1S/C13H23BrO/c1-13(2)12(14)11(9-15-13)8-7-10-5-3-4-6-10/h10-12H,3-9H2,1-2H3. The minimum atomic E-state index is 0.0420. The lowest BCUT2D eigenvalue weighted by Crippen LogP contribution is -2.30. The molecular formula is C13H23BrO. The molecule has 15 heavy (non-hydrogen) atoms. The third-order valence-electron chi connectivity index (χ3n) is 4.17. The van der Waals surface area contributed by atoms with Crippen LogP contribution in [0.4, 0.5) is 0 Å². The van der Waals surface area contributed by atoms with Gasteiger partial charge in [0.1, 0.15) is 0 Å². The Morgan fingerprint density at radius 1 is 1.20 bits per heavy atom. The van der Waals surface area contributed by atoms with Crippen LogP contribution in [-0.2, 0) is 4.74 Å². The van der Waals surface area contributed by atoms with Gasteiger partial charge in [-0.2, -0.15) is 0 Å². The first-order chi connectivity index (χ1) is 7.09. The lowest BCUT2D eigenvalue weighted by atomic mass is 9.90. The van der Waals surface area contributed by atoms with E-state index in [2.05, 4.69) is 29.8 Å². The third-order valence-corrected chi connectivity index (χ3v) is 6.02. The summed E-state index contributed by atoms with van der Waals surface area (Å²) >= 11 is 3.81. The van der Waals surface area contributed by atoms with Gasteiger partial charge in [0.05, 0.1) is 12.2 Å². The lowest BCUT2D eigenvalue weighted by Gasteiger charge is -2.23. The van der Waals surface area contributed by atoms with E-state index in [1.165, 1.54) is 38.5 Å². The number of alkyl halides is 1. The average molecular weight is 275 g/mol. The zero-order chi connectivity index (χ0) is 10.9. The van der Waals surface area contributed by atoms with E-state index < -0.39 is 0 Å². The number of rotatable bonds is 3. The quantitative estimate of drug-likeness (QED) is 0.703. The van der Waals surface area contributed by atoms with Gasteiger partial charge in [-0.15, -0.1) is 0 Å². The molecule has 1 nitrogen and oxygen atoms in total. The van der Waals surface area contributed by atoms with Gasteiger partial charge in [-0.25, -0.2) is 0 Å². The fourth-order valence-corrected chi connectivity index (χ4v) is 3.58. The molecule has 1 aliphatic heterocycles. The van der Waals surface area contributed by atoms with E-state index in [4.69, 9.17) is 4.74 Å². The van der Waals surface area contributed by atoms with Crippen LogP contribution in [0.2, 0.25) is 0 Å². The molecule has 1 aliphatic carbocycles. The Morgan fingerprint density at radius 3 is 2.40 bits per heavy atom. The second-order valence-corrected chi connectivity index (χ2v) is 6.79. The van der Waals surface area contributed by atoms with E-state index in [-0.39, 0.29) is 5.60 Å². The normalized spacial score (nSPS) is 36.2. The van der Waals surface area contributed by atoms with Crippen molar-refractivity contribution in [3.63, 3.8) is 0 Å². The van der Waals surface area contributed by atoms with Gasteiger partial charge >= 0.3 is 0 Å². The Kier molecular flexibility index (Phi) is 3.77. The molecule has 0 aromatic heterocycles. The van der Waals surface area contributed by atoms with E-state index in [9.17, 15) is 0 Å². The first kappa shape index (κ1) is 11.9. The van der Waals surface area contributed by atoms with Crippen LogP contribution in [0, 0.1) is 11.8 Å². The molecule has 2 fully saturated rings. The van der Waals surface area contributed by atoms with Crippen molar-refractivity contribution in [3.8, 4) is 0 Å². The first-order valence-electron chi connectivity index (χ1n) is 6.37. The molecule has 2 atom stereocenters. The van der Waals surface area contributed by atoms with Gasteiger partial charge in [0, 0.05) is 4.83 Å². The summed E-state index contributed by atoms with van der Waals surface area (Å²) < 4.78 is 5.83. The van der Waals surface area contributed by atoms with Crippen molar-refractivity contribution in [1.29, 1.82) is 0 Å². The van der Waals surface area contributed by atoms with E-state index >= 15 is 0 Å². The number of hydrogen-bond donors (Lipinski definition) is 0. The zero-order valence-electron chi connectivity index (χ0n) is 9.97. The van der Waals surface area contributed by atoms with Crippen LogP contribution in [0.5, 0.6) is 0 Å². The lowest BCUT2D eigenvalue weighted by molar-refractivity contribution is 0.0377. The predicted octanol–water partition coefficient (Wildman–Crippen LogP) is 4.15. The van der Waals surface area contributed by atoms with Crippen LogP contribution in [0.25, 0.3) is 0 Å². The monoisotopic (exact) mass is 274 g/mol. The van der Waals surface area contributed by atoms with Crippen LogP contribution in [0.3, 0.4) is 0 Å². The Morgan fingerprint density at radius 2 is 1.87 bits per heavy atom. The molecular weight excluding hydrogens is 252 g/mol. The summed E-state index contributed by atoms with van der Waals surface area (Å²) in [6, 6.07) is 0. The summed E-state index contributed by atoms with van der Waals surface area (Å²) in [5, 5.41) is 0. The highest BCUT2D eigenvalue weighted by Gasteiger charge is 2.41. The van der Waals surface area contributed by atoms with Crippen molar-refractivity contribution in [2.45, 2.75) is 62.8 Å². The van der Waals surface area contributed by atoms with Crippen molar-refractivity contribution >= 4 is 15.9 Å². The molecule has 1 saturated carbocycles. The second-order valence-electron chi connectivity index (χ2n) is 5.80. The summed E-state index contributed by atoms with van der Waals surface area (Å²) in [5.41, 5.74) is 0.0420.